The lowest BCUT2D eigenvalue weighted by molar-refractivity contribution is -0.136. The van der Waals surface area contributed by atoms with E-state index in [1.807, 2.05) is 6.07 Å². The van der Waals surface area contributed by atoms with E-state index in [1.165, 1.54) is 0 Å². The lowest BCUT2D eigenvalue weighted by Gasteiger charge is -2.42. The fourth-order valence-corrected chi connectivity index (χ4v) is 5.08. The molecule has 0 aromatic heterocycles. The molecule has 28 heavy (non-hydrogen) atoms. The largest absolute Gasteiger partial charge is 0.393 e. The summed E-state index contributed by atoms with van der Waals surface area (Å²) >= 11 is 0. The first-order valence-corrected chi connectivity index (χ1v) is 9.66. The van der Waals surface area contributed by atoms with E-state index in [0.717, 1.165) is 42.9 Å². The fraction of sp³-hybridized carbons (Fsp3) is 0.500. The van der Waals surface area contributed by atoms with Crippen LogP contribution in [0.15, 0.2) is 18.2 Å². The Hall–Kier alpha value is -2.74. The first-order valence-electron chi connectivity index (χ1n) is 9.66. The summed E-state index contributed by atoms with van der Waals surface area (Å²) in [4.78, 5) is 52.4. The van der Waals surface area contributed by atoms with Crippen LogP contribution in [-0.4, -0.2) is 58.9 Å². The first-order chi connectivity index (χ1) is 13.4. The Kier molecular flexibility index (Phi) is 3.64. The van der Waals surface area contributed by atoms with Gasteiger partial charge in [0.05, 0.1) is 17.2 Å². The average Bonchev–Trinajstić information content (AvgIpc) is 3.17. The van der Waals surface area contributed by atoms with Crippen LogP contribution in [0.5, 0.6) is 0 Å². The Balaban J connectivity index is 1.39. The van der Waals surface area contributed by atoms with Gasteiger partial charge >= 0.3 is 0 Å². The van der Waals surface area contributed by atoms with Crippen molar-refractivity contribution in [2.24, 2.45) is 5.41 Å². The van der Waals surface area contributed by atoms with Crippen LogP contribution in [0.2, 0.25) is 0 Å². The van der Waals surface area contributed by atoms with Crippen molar-refractivity contribution >= 4 is 29.3 Å². The van der Waals surface area contributed by atoms with Crippen molar-refractivity contribution in [1.29, 1.82) is 0 Å². The minimum Gasteiger partial charge on any atom is -0.393 e. The minimum atomic E-state index is -0.944. The van der Waals surface area contributed by atoms with Crippen LogP contribution in [0, 0.1) is 5.41 Å². The van der Waals surface area contributed by atoms with Crippen LogP contribution in [-0.2, 0) is 9.59 Å². The number of amides is 4. The van der Waals surface area contributed by atoms with Gasteiger partial charge in [-0.25, -0.2) is 0 Å². The number of aliphatic hydroxyl groups excluding tert-OH is 1. The third kappa shape index (κ3) is 2.47. The smallest absolute Gasteiger partial charge is 0.262 e. The highest BCUT2D eigenvalue weighted by atomic mass is 16.3. The fourth-order valence-electron chi connectivity index (χ4n) is 5.08. The summed E-state index contributed by atoms with van der Waals surface area (Å²) in [5.41, 5.74) is 1.65. The zero-order valence-corrected chi connectivity index (χ0v) is 15.3. The summed E-state index contributed by atoms with van der Waals surface area (Å²) in [5.74, 6) is -1.95. The number of benzene rings is 1. The molecule has 3 aliphatic heterocycles. The number of carbonyl (C=O) groups is 4. The number of aliphatic hydroxyl groups is 1. The van der Waals surface area contributed by atoms with E-state index in [1.54, 1.807) is 12.1 Å². The summed E-state index contributed by atoms with van der Waals surface area (Å²) in [6.07, 6.45) is 2.69. The van der Waals surface area contributed by atoms with Gasteiger partial charge in [-0.15, -0.1) is 0 Å². The highest BCUT2D eigenvalue weighted by Gasteiger charge is 2.49. The molecular formula is C20H21N3O5. The number of imide groups is 2. The van der Waals surface area contributed by atoms with Gasteiger partial charge in [-0.2, -0.15) is 0 Å². The second-order valence-corrected chi connectivity index (χ2v) is 8.41. The molecule has 1 aromatic carbocycles. The van der Waals surface area contributed by atoms with Crippen molar-refractivity contribution < 1.29 is 24.3 Å². The molecule has 2 N–H and O–H groups in total. The summed E-state index contributed by atoms with van der Waals surface area (Å²) < 4.78 is 0. The quantitative estimate of drug-likeness (QED) is 0.718. The molecule has 1 aliphatic carbocycles. The normalized spacial score (nSPS) is 32.0. The number of anilines is 1. The van der Waals surface area contributed by atoms with E-state index < -0.39 is 23.8 Å². The Morgan fingerprint density at radius 2 is 1.82 bits per heavy atom. The lowest BCUT2D eigenvalue weighted by atomic mass is 9.66. The van der Waals surface area contributed by atoms with Crippen molar-refractivity contribution in [1.82, 2.24) is 10.2 Å². The third-order valence-electron chi connectivity index (χ3n) is 6.56. The molecule has 0 radical (unpaired) electrons. The highest BCUT2D eigenvalue weighted by Crippen LogP contribution is 2.49. The first kappa shape index (κ1) is 17.4. The van der Waals surface area contributed by atoms with Crippen LogP contribution in [0.25, 0.3) is 0 Å². The maximum absolute atomic E-state index is 12.9. The number of fused-ring (bicyclic) bond motifs is 1. The van der Waals surface area contributed by atoms with Crippen LogP contribution in [0.4, 0.5) is 5.69 Å². The molecule has 1 unspecified atom stereocenters. The number of hydrogen-bond donors (Lipinski definition) is 2. The summed E-state index contributed by atoms with van der Waals surface area (Å²) in [6.45, 7) is 1.69. The summed E-state index contributed by atoms with van der Waals surface area (Å²) in [7, 11) is 0. The highest BCUT2D eigenvalue weighted by molar-refractivity contribution is 6.23. The molecule has 8 heteroatoms. The number of rotatable bonds is 2. The maximum Gasteiger partial charge on any atom is 0.262 e. The molecule has 0 bridgehead atoms. The molecule has 4 amide bonds. The Morgan fingerprint density at radius 1 is 1.07 bits per heavy atom. The van der Waals surface area contributed by atoms with Crippen molar-refractivity contribution in [3.05, 3.63) is 29.3 Å². The molecule has 5 rings (SSSR count). The third-order valence-corrected chi connectivity index (χ3v) is 6.56. The van der Waals surface area contributed by atoms with Crippen LogP contribution < -0.4 is 10.2 Å². The van der Waals surface area contributed by atoms with E-state index in [2.05, 4.69) is 10.2 Å². The van der Waals surface area contributed by atoms with Gasteiger partial charge in [0.15, 0.2) is 0 Å². The number of carbonyl (C=O) groups excluding carboxylic acids is 4. The molecule has 8 nitrogen and oxygen atoms in total. The topological polar surface area (TPSA) is 107 Å². The molecule has 146 valence electrons. The molecule has 1 atom stereocenters. The molecule has 1 spiro atoms. The molecule has 2 saturated heterocycles. The predicted octanol–water partition coefficient (Wildman–Crippen LogP) is 0.439. The Bertz CT molecular complexity index is 920. The molecule has 1 saturated carbocycles. The van der Waals surface area contributed by atoms with E-state index in [4.69, 9.17) is 0 Å². The van der Waals surface area contributed by atoms with Gasteiger partial charge in [-0.1, -0.05) is 0 Å². The minimum absolute atomic E-state index is 0.108. The van der Waals surface area contributed by atoms with Crippen molar-refractivity contribution in [3.63, 3.8) is 0 Å². The van der Waals surface area contributed by atoms with Crippen molar-refractivity contribution in [2.45, 2.75) is 44.2 Å². The van der Waals surface area contributed by atoms with Gasteiger partial charge in [0.1, 0.15) is 6.04 Å². The Labute approximate surface area is 161 Å². The molecule has 3 fully saturated rings. The second-order valence-electron chi connectivity index (χ2n) is 8.41. The predicted molar refractivity (Wildman–Crippen MR) is 97.6 cm³/mol. The van der Waals surface area contributed by atoms with E-state index in [9.17, 15) is 24.3 Å². The van der Waals surface area contributed by atoms with E-state index in [0.29, 0.717) is 11.1 Å². The van der Waals surface area contributed by atoms with Gasteiger partial charge in [0, 0.05) is 25.2 Å². The molecule has 4 aliphatic rings. The number of nitrogens with one attached hydrogen (secondary N) is 1. The van der Waals surface area contributed by atoms with Gasteiger partial charge in [-0.05, 0) is 49.3 Å². The zero-order valence-electron chi connectivity index (χ0n) is 15.3. The monoisotopic (exact) mass is 383 g/mol. The number of nitrogens with zero attached hydrogens (tertiary/aromatic N) is 2. The number of piperidine rings is 1. The molecular weight excluding hydrogens is 362 g/mol. The number of hydrogen-bond acceptors (Lipinski definition) is 6. The van der Waals surface area contributed by atoms with E-state index in [-0.39, 0.29) is 30.3 Å². The molecule has 1 aromatic rings. The zero-order chi connectivity index (χ0) is 19.6. The van der Waals surface area contributed by atoms with Crippen molar-refractivity contribution in [3.8, 4) is 0 Å². The lowest BCUT2D eigenvalue weighted by Crippen LogP contribution is -2.54. The average molecular weight is 383 g/mol. The summed E-state index contributed by atoms with van der Waals surface area (Å²) in [5, 5.41) is 11.9. The SMILES string of the molecule is O=C1CCC(N2C(=O)c3ccc(N4CCC5(CC(O)C5)C4)cc3C2=O)C(=O)N1. The van der Waals surface area contributed by atoms with E-state index >= 15 is 0 Å². The van der Waals surface area contributed by atoms with Crippen LogP contribution >= 0.6 is 0 Å². The van der Waals surface area contributed by atoms with Crippen LogP contribution in [0.1, 0.15) is 52.8 Å². The van der Waals surface area contributed by atoms with Crippen molar-refractivity contribution in [2.75, 3.05) is 18.0 Å². The maximum atomic E-state index is 12.9. The van der Waals surface area contributed by atoms with Gasteiger partial charge in [0.25, 0.3) is 11.8 Å². The van der Waals surface area contributed by atoms with Crippen LogP contribution in [0.3, 0.4) is 0 Å². The van der Waals surface area contributed by atoms with Gasteiger partial charge in [0.2, 0.25) is 11.8 Å². The second kappa shape index (κ2) is 5.88. The van der Waals surface area contributed by atoms with Gasteiger partial charge < -0.3 is 10.0 Å². The standard InChI is InChI=1S/C20H21N3O5/c24-12-8-20(9-12)5-6-22(10-20)11-1-2-13-14(7-11)19(28)23(18(13)27)15-3-4-16(25)21-17(15)26/h1-2,7,12,15,24H,3-6,8-10H2,(H,21,25,26). The van der Waals surface area contributed by atoms with Gasteiger partial charge in [-0.3, -0.25) is 29.4 Å². The summed E-state index contributed by atoms with van der Waals surface area (Å²) in [6, 6.07) is 4.28. The molecule has 3 heterocycles. The Morgan fingerprint density at radius 3 is 2.54 bits per heavy atom.